The van der Waals surface area contributed by atoms with E-state index in [0.717, 1.165) is 12.8 Å². The minimum Gasteiger partial charge on any atom is -0.481 e. The monoisotopic (exact) mass is 259 g/mol. The Kier molecular flexibility index (Phi) is 9.62. The van der Waals surface area contributed by atoms with E-state index in [0.29, 0.717) is 19.6 Å². The number of carbonyl (C=O) groups is 3. The van der Waals surface area contributed by atoms with Crippen molar-refractivity contribution in [1.82, 2.24) is 5.32 Å². The number of esters is 1. The highest BCUT2D eigenvalue weighted by Gasteiger charge is 2.06. The number of aliphatic carboxylic acids is 1. The predicted molar refractivity (Wildman–Crippen MR) is 65.0 cm³/mol. The molecule has 0 aliphatic rings. The molecule has 0 aliphatic carbocycles. The second-order valence-electron chi connectivity index (χ2n) is 3.86. The van der Waals surface area contributed by atoms with Crippen molar-refractivity contribution in [3.63, 3.8) is 0 Å². The molecule has 0 rings (SSSR count). The van der Waals surface area contributed by atoms with Crippen LogP contribution in [0.1, 0.15) is 45.4 Å². The molecule has 0 spiro atoms. The highest BCUT2D eigenvalue weighted by molar-refractivity contribution is 5.81. The summed E-state index contributed by atoms with van der Waals surface area (Å²) >= 11 is 0. The van der Waals surface area contributed by atoms with E-state index in [1.54, 1.807) is 6.92 Å². The van der Waals surface area contributed by atoms with Crippen LogP contribution < -0.4 is 5.32 Å². The van der Waals surface area contributed by atoms with Gasteiger partial charge in [0.15, 0.2) is 0 Å². The van der Waals surface area contributed by atoms with Gasteiger partial charge in [-0.1, -0.05) is 6.42 Å². The first-order valence-electron chi connectivity index (χ1n) is 6.20. The lowest BCUT2D eigenvalue weighted by Gasteiger charge is -2.04. The Morgan fingerprint density at radius 1 is 1.06 bits per heavy atom. The van der Waals surface area contributed by atoms with Crippen molar-refractivity contribution in [3.05, 3.63) is 0 Å². The fourth-order valence-electron chi connectivity index (χ4n) is 1.34. The molecule has 0 aromatic carbocycles. The maximum atomic E-state index is 11.3. The second-order valence-corrected chi connectivity index (χ2v) is 3.86. The van der Waals surface area contributed by atoms with Gasteiger partial charge in [0.1, 0.15) is 0 Å². The van der Waals surface area contributed by atoms with Gasteiger partial charge in [-0.2, -0.15) is 0 Å². The van der Waals surface area contributed by atoms with Crippen molar-refractivity contribution in [3.8, 4) is 0 Å². The van der Waals surface area contributed by atoms with E-state index in [9.17, 15) is 14.4 Å². The van der Waals surface area contributed by atoms with E-state index < -0.39 is 5.97 Å². The van der Waals surface area contributed by atoms with Gasteiger partial charge in [-0.3, -0.25) is 14.4 Å². The van der Waals surface area contributed by atoms with Gasteiger partial charge >= 0.3 is 11.9 Å². The van der Waals surface area contributed by atoms with Gasteiger partial charge < -0.3 is 15.2 Å². The van der Waals surface area contributed by atoms with Crippen LogP contribution in [0.2, 0.25) is 0 Å². The lowest BCUT2D eigenvalue weighted by molar-refractivity contribution is -0.144. The Morgan fingerprint density at radius 2 is 1.78 bits per heavy atom. The standard InChI is InChI=1S/C12H21NO5/c1-2-18-12(17)8-7-10(14)13-9-5-3-4-6-11(15)16/h2-9H2,1H3,(H,13,14)(H,15,16). The molecule has 6 heteroatoms. The van der Waals surface area contributed by atoms with Crippen molar-refractivity contribution >= 4 is 17.8 Å². The number of rotatable bonds is 10. The summed E-state index contributed by atoms with van der Waals surface area (Å²) in [4.78, 5) is 32.5. The molecular weight excluding hydrogens is 238 g/mol. The van der Waals surface area contributed by atoms with Gasteiger partial charge in [-0.05, 0) is 19.8 Å². The Morgan fingerprint density at radius 3 is 2.39 bits per heavy atom. The number of carboxylic acids is 1. The fraction of sp³-hybridized carbons (Fsp3) is 0.750. The zero-order valence-electron chi connectivity index (χ0n) is 10.7. The second kappa shape index (κ2) is 10.6. The first kappa shape index (κ1) is 16.4. The third-order valence-corrected chi connectivity index (χ3v) is 2.25. The summed E-state index contributed by atoms with van der Waals surface area (Å²) in [6, 6.07) is 0. The smallest absolute Gasteiger partial charge is 0.306 e. The summed E-state index contributed by atoms with van der Waals surface area (Å²) in [6.07, 6.45) is 2.53. The molecule has 0 radical (unpaired) electrons. The highest BCUT2D eigenvalue weighted by atomic mass is 16.5. The van der Waals surface area contributed by atoms with Crippen LogP contribution in [0, 0.1) is 0 Å². The van der Waals surface area contributed by atoms with Gasteiger partial charge in [0.2, 0.25) is 5.91 Å². The summed E-state index contributed by atoms with van der Waals surface area (Å²) in [5, 5.41) is 11.1. The van der Waals surface area contributed by atoms with E-state index in [-0.39, 0.29) is 31.1 Å². The third-order valence-electron chi connectivity index (χ3n) is 2.25. The highest BCUT2D eigenvalue weighted by Crippen LogP contribution is 1.99. The molecule has 0 aromatic heterocycles. The molecule has 0 bridgehead atoms. The number of ether oxygens (including phenoxy) is 1. The molecule has 18 heavy (non-hydrogen) atoms. The maximum absolute atomic E-state index is 11.3. The first-order chi connectivity index (χ1) is 8.56. The minimum absolute atomic E-state index is 0.0959. The largest absolute Gasteiger partial charge is 0.481 e. The lowest BCUT2D eigenvalue weighted by atomic mass is 10.2. The minimum atomic E-state index is -0.798. The number of carboxylic acid groups (broad SMARTS) is 1. The normalized spacial score (nSPS) is 9.83. The van der Waals surface area contributed by atoms with Crippen molar-refractivity contribution in [2.45, 2.75) is 45.4 Å². The Bertz CT molecular complexity index is 278. The summed E-state index contributed by atoms with van der Waals surface area (Å²) < 4.78 is 4.70. The first-order valence-corrected chi connectivity index (χ1v) is 6.20. The molecule has 104 valence electrons. The molecule has 1 amide bonds. The SMILES string of the molecule is CCOC(=O)CCC(=O)NCCCCCC(=O)O. The van der Waals surface area contributed by atoms with Crippen LogP contribution in [-0.2, 0) is 19.1 Å². The Hall–Kier alpha value is -1.59. The van der Waals surface area contributed by atoms with Crippen molar-refractivity contribution in [1.29, 1.82) is 0 Å². The van der Waals surface area contributed by atoms with Crippen LogP contribution in [0.3, 0.4) is 0 Å². The summed E-state index contributed by atoms with van der Waals surface area (Å²) in [5.41, 5.74) is 0. The van der Waals surface area contributed by atoms with Crippen LogP contribution in [0.25, 0.3) is 0 Å². The molecule has 0 atom stereocenters. The Labute approximate surface area is 107 Å². The van der Waals surface area contributed by atoms with Crippen molar-refractivity contribution in [2.24, 2.45) is 0 Å². The topological polar surface area (TPSA) is 92.7 Å². The number of unbranched alkanes of at least 4 members (excludes halogenated alkanes) is 2. The summed E-state index contributed by atoms with van der Waals surface area (Å²) in [6.45, 7) is 2.56. The average molecular weight is 259 g/mol. The molecule has 0 aliphatic heterocycles. The van der Waals surface area contributed by atoms with Crippen LogP contribution in [0.15, 0.2) is 0 Å². The van der Waals surface area contributed by atoms with Gasteiger partial charge in [0.05, 0.1) is 13.0 Å². The predicted octanol–water partition coefficient (Wildman–Crippen LogP) is 1.09. The molecule has 0 heterocycles. The fourth-order valence-corrected chi connectivity index (χ4v) is 1.34. The van der Waals surface area contributed by atoms with Crippen LogP contribution >= 0.6 is 0 Å². The van der Waals surface area contributed by atoms with E-state index in [1.165, 1.54) is 0 Å². The van der Waals surface area contributed by atoms with Gasteiger partial charge in [0, 0.05) is 19.4 Å². The summed E-state index contributed by atoms with van der Waals surface area (Å²) in [5.74, 6) is -1.34. The molecule has 0 saturated heterocycles. The lowest BCUT2D eigenvalue weighted by Crippen LogP contribution is -2.25. The number of hydrogen-bond donors (Lipinski definition) is 2. The number of hydrogen-bond acceptors (Lipinski definition) is 4. The van der Waals surface area contributed by atoms with Crippen molar-refractivity contribution < 1.29 is 24.2 Å². The third kappa shape index (κ3) is 10.9. The number of amides is 1. The van der Waals surface area contributed by atoms with Gasteiger partial charge in [-0.15, -0.1) is 0 Å². The van der Waals surface area contributed by atoms with Crippen LogP contribution in [0.5, 0.6) is 0 Å². The zero-order chi connectivity index (χ0) is 13.8. The molecule has 2 N–H and O–H groups in total. The number of nitrogens with one attached hydrogen (secondary N) is 1. The number of carbonyl (C=O) groups excluding carboxylic acids is 2. The van der Waals surface area contributed by atoms with Gasteiger partial charge in [-0.25, -0.2) is 0 Å². The van der Waals surface area contributed by atoms with Crippen LogP contribution in [0.4, 0.5) is 0 Å². The molecule has 0 saturated carbocycles. The zero-order valence-corrected chi connectivity index (χ0v) is 10.7. The van der Waals surface area contributed by atoms with E-state index in [2.05, 4.69) is 5.32 Å². The summed E-state index contributed by atoms with van der Waals surface area (Å²) in [7, 11) is 0. The van der Waals surface area contributed by atoms with Crippen LogP contribution in [-0.4, -0.2) is 36.1 Å². The molecule has 0 fully saturated rings. The molecule has 0 unspecified atom stereocenters. The molecular formula is C12H21NO5. The average Bonchev–Trinajstić information content (AvgIpc) is 2.31. The quantitative estimate of drug-likeness (QED) is 0.452. The van der Waals surface area contributed by atoms with E-state index in [4.69, 9.17) is 9.84 Å². The Balaban J connectivity index is 3.37. The van der Waals surface area contributed by atoms with Gasteiger partial charge in [0.25, 0.3) is 0 Å². The van der Waals surface area contributed by atoms with E-state index >= 15 is 0 Å². The molecule has 0 aromatic rings. The van der Waals surface area contributed by atoms with E-state index in [1.807, 2.05) is 0 Å². The molecule has 6 nitrogen and oxygen atoms in total. The van der Waals surface area contributed by atoms with Crippen molar-refractivity contribution in [2.75, 3.05) is 13.2 Å². The maximum Gasteiger partial charge on any atom is 0.306 e.